The van der Waals surface area contributed by atoms with Crippen LogP contribution in [0.3, 0.4) is 0 Å². The van der Waals surface area contributed by atoms with Crippen molar-refractivity contribution in [1.82, 2.24) is 15.2 Å². The molecule has 5 nitrogen and oxygen atoms in total. The van der Waals surface area contributed by atoms with E-state index in [1.54, 1.807) is 12.5 Å². The van der Waals surface area contributed by atoms with Crippen LogP contribution < -0.4 is 10.1 Å². The van der Waals surface area contributed by atoms with Crippen molar-refractivity contribution in [3.63, 3.8) is 0 Å². The Morgan fingerprint density at radius 1 is 1.38 bits per heavy atom. The number of rotatable bonds is 6. The number of aromatic nitrogens is 1. The Hall–Kier alpha value is -1.92. The highest BCUT2D eigenvalue weighted by molar-refractivity contribution is 7.13. The summed E-state index contributed by atoms with van der Waals surface area (Å²) < 4.78 is 5.32. The van der Waals surface area contributed by atoms with Crippen LogP contribution in [-0.4, -0.2) is 50.1 Å². The minimum atomic E-state index is -0.144. The third-order valence-electron chi connectivity index (χ3n) is 2.92. The SMILES string of the molecule is COc1ccccc1-c1nc(C(=O)NCCN(C)C)cs1. The number of amides is 1. The molecular formula is C15H19N3O2S. The average molecular weight is 305 g/mol. The van der Waals surface area contributed by atoms with Crippen LogP contribution in [0.2, 0.25) is 0 Å². The Morgan fingerprint density at radius 2 is 2.14 bits per heavy atom. The minimum absolute atomic E-state index is 0.144. The number of methoxy groups -OCH3 is 1. The maximum Gasteiger partial charge on any atom is 0.270 e. The summed E-state index contributed by atoms with van der Waals surface area (Å²) in [5.41, 5.74) is 1.34. The molecule has 1 aromatic carbocycles. The number of carbonyl (C=O) groups is 1. The van der Waals surface area contributed by atoms with Gasteiger partial charge in [-0.1, -0.05) is 12.1 Å². The molecule has 112 valence electrons. The van der Waals surface area contributed by atoms with E-state index in [9.17, 15) is 4.79 Å². The van der Waals surface area contributed by atoms with E-state index >= 15 is 0 Å². The second-order valence-electron chi connectivity index (χ2n) is 4.80. The zero-order chi connectivity index (χ0) is 15.2. The maximum atomic E-state index is 12.0. The summed E-state index contributed by atoms with van der Waals surface area (Å²) in [6.45, 7) is 1.41. The van der Waals surface area contributed by atoms with Crippen molar-refractivity contribution < 1.29 is 9.53 Å². The molecule has 0 aliphatic heterocycles. The quantitative estimate of drug-likeness (QED) is 0.888. The number of hydrogen-bond acceptors (Lipinski definition) is 5. The molecule has 2 aromatic rings. The van der Waals surface area contributed by atoms with E-state index in [1.807, 2.05) is 43.3 Å². The molecule has 21 heavy (non-hydrogen) atoms. The normalized spacial score (nSPS) is 10.7. The van der Waals surface area contributed by atoms with E-state index in [4.69, 9.17) is 4.74 Å². The highest BCUT2D eigenvalue weighted by Crippen LogP contribution is 2.31. The van der Waals surface area contributed by atoms with Crippen LogP contribution in [0.15, 0.2) is 29.6 Å². The molecule has 2 rings (SSSR count). The summed E-state index contributed by atoms with van der Waals surface area (Å²) >= 11 is 1.44. The number of benzene rings is 1. The van der Waals surface area contributed by atoms with Gasteiger partial charge in [0.2, 0.25) is 0 Å². The average Bonchev–Trinajstić information content (AvgIpc) is 2.96. The maximum absolute atomic E-state index is 12.0. The van der Waals surface area contributed by atoms with Gasteiger partial charge in [-0.2, -0.15) is 0 Å². The van der Waals surface area contributed by atoms with Gasteiger partial charge in [-0.3, -0.25) is 4.79 Å². The fraction of sp³-hybridized carbons (Fsp3) is 0.333. The predicted molar refractivity (Wildman–Crippen MR) is 85.0 cm³/mol. The summed E-state index contributed by atoms with van der Waals surface area (Å²) in [6.07, 6.45) is 0. The Labute approximate surface area is 128 Å². The second-order valence-corrected chi connectivity index (χ2v) is 5.66. The molecule has 1 aromatic heterocycles. The highest BCUT2D eigenvalue weighted by atomic mass is 32.1. The number of nitrogens with one attached hydrogen (secondary N) is 1. The van der Waals surface area contributed by atoms with Gasteiger partial charge in [0.15, 0.2) is 0 Å². The molecule has 0 radical (unpaired) electrons. The first-order chi connectivity index (χ1) is 10.1. The van der Waals surface area contributed by atoms with Gasteiger partial charge in [-0.05, 0) is 26.2 Å². The van der Waals surface area contributed by atoms with Gasteiger partial charge in [0, 0.05) is 18.5 Å². The van der Waals surface area contributed by atoms with Gasteiger partial charge in [0.25, 0.3) is 5.91 Å². The van der Waals surface area contributed by atoms with Gasteiger partial charge in [-0.15, -0.1) is 11.3 Å². The number of likely N-dealkylation sites (N-methyl/N-ethyl adjacent to an activating group) is 1. The lowest BCUT2D eigenvalue weighted by Gasteiger charge is -2.09. The van der Waals surface area contributed by atoms with E-state index in [1.165, 1.54) is 11.3 Å². The number of hydrogen-bond donors (Lipinski definition) is 1. The van der Waals surface area contributed by atoms with E-state index in [0.29, 0.717) is 12.2 Å². The molecule has 0 aliphatic carbocycles. The lowest BCUT2D eigenvalue weighted by molar-refractivity contribution is 0.0947. The second kappa shape index (κ2) is 7.19. The fourth-order valence-corrected chi connectivity index (χ4v) is 2.64. The van der Waals surface area contributed by atoms with Crippen LogP contribution in [-0.2, 0) is 0 Å². The largest absolute Gasteiger partial charge is 0.496 e. The van der Waals surface area contributed by atoms with Crippen LogP contribution in [0.1, 0.15) is 10.5 Å². The number of ether oxygens (including phenoxy) is 1. The molecule has 0 fully saturated rings. The molecule has 6 heteroatoms. The molecule has 0 saturated heterocycles. The molecule has 0 atom stereocenters. The molecule has 0 aliphatic rings. The van der Waals surface area contributed by atoms with E-state index < -0.39 is 0 Å². The molecule has 0 bridgehead atoms. The van der Waals surface area contributed by atoms with Crippen molar-refractivity contribution >= 4 is 17.2 Å². The van der Waals surface area contributed by atoms with Crippen LogP contribution in [0, 0.1) is 0 Å². The number of para-hydroxylation sites is 1. The Bertz CT molecular complexity index is 610. The van der Waals surface area contributed by atoms with Gasteiger partial charge in [-0.25, -0.2) is 4.98 Å². The Kier molecular flexibility index (Phi) is 5.30. The van der Waals surface area contributed by atoms with Crippen molar-refractivity contribution in [2.24, 2.45) is 0 Å². The monoisotopic (exact) mass is 305 g/mol. The van der Waals surface area contributed by atoms with Crippen LogP contribution in [0.25, 0.3) is 10.6 Å². The summed E-state index contributed by atoms with van der Waals surface area (Å²) in [6, 6.07) is 7.65. The molecule has 1 amide bonds. The first-order valence-electron chi connectivity index (χ1n) is 6.63. The number of thiazole rings is 1. The van der Waals surface area contributed by atoms with E-state index in [2.05, 4.69) is 10.3 Å². The summed E-state index contributed by atoms with van der Waals surface area (Å²) in [5.74, 6) is 0.612. The van der Waals surface area contributed by atoms with Gasteiger partial charge in [0.05, 0.1) is 12.7 Å². The van der Waals surface area contributed by atoms with E-state index in [-0.39, 0.29) is 5.91 Å². The predicted octanol–water partition coefficient (Wildman–Crippen LogP) is 2.11. The Morgan fingerprint density at radius 3 is 2.86 bits per heavy atom. The van der Waals surface area contributed by atoms with Crippen molar-refractivity contribution in [3.8, 4) is 16.3 Å². The zero-order valence-corrected chi connectivity index (χ0v) is 13.2. The highest BCUT2D eigenvalue weighted by Gasteiger charge is 2.13. The molecular weight excluding hydrogens is 286 g/mol. The fourth-order valence-electron chi connectivity index (χ4n) is 1.81. The summed E-state index contributed by atoms with van der Waals surface area (Å²) in [5, 5.41) is 5.41. The summed E-state index contributed by atoms with van der Waals surface area (Å²) in [7, 11) is 5.56. The first-order valence-corrected chi connectivity index (χ1v) is 7.51. The number of nitrogens with zero attached hydrogens (tertiary/aromatic N) is 2. The van der Waals surface area contributed by atoms with Crippen molar-refractivity contribution in [2.45, 2.75) is 0 Å². The standard InChI is InChI=1S/C15H19N3O2S/c1-18(2)9-8-16-14(19)12-10-21-15(17-12)11-6-4-5-7-13(11)20-3/h4-7,10H,8-9H2,1-3H3,(H,16,19). The van der Waals surface area contributed by atoms with Gasteiger partial charge < -0.3 is 15.0 Å². The topological polar surface area (TPSA) is 54.5 Å². The van der Waals surface area contributed by atoms with Gasteiger partial charge >= 0.3 is 0 Å². The lowest BCUT2D eigenvalue weighted by atomic mass is 10.2. The zero-order valence-electron chi connectivity index (χ0n) is 12.4. The minimum Gasteiger partial charge on any atom is -0.496 e. The van der Waals surface area contributed by atoms with E-state index in [0.717, 1.165) is 22.9 Å². The van der Waals surface area contributed by atoms with Gasteiger partial charge in [0.1, 0.15) is 16.5 Å². The van der Waals surface area contributed by atoms with Crippen molar-refractivity contribution in [2.75, 3.05) is 34.3 Å². The molecule has 0 spiro atoms. The first kappa shape index (κ1) is 15.5. The van der Waals surface area contributed by atoms with Crippen LogP contribution >= 0.6 is 11.3 Å². The van der Waals surface area contributed by atoms with Crippen molar-refractivity contribution in [3.05, 3.63) is 35.3 Å². The summed E-state index contributed by atoms with van der Waals surface area (Å²) in [4.78, 5) is 18.4. The Balaban J connectivity index is 2.09. The third kappa shape index (κ3) is 4.03. The molecule has 1 heterocycles. The molecule has 0 unspecified atom stereocenters. The van der Waals surface area contributed by atoms with Crippen LogP contribution in [0.4, 0.5) is 0 Å². The van der Waals surface area contributed by atoms with Crippen LogP contribution in [0.5, 0.6) is 5.75 Å². The third-order valence-corrected chi connectivity index (χ3v) is 3.79. The smallest absolute Gasteiger partial charge is 0.270 e. The molecule has 0 saturated carbocycles. The number of carbonyl (C=O) groups excluding carboxylic acids is 1. The molecule has 1 N–H and O–H groups in total. The lowest BCUT2D eigenvalue weighted by Crippen LogP contribution is -2.31. The van der Waals surface area contributed by atoms with Crippen molar-refractivity contribution in [1.29, 1.82) is 0 Å².